The van der Waals surface area contributed by atoms with Gasteiger partial charge < -0.3 is 94.7 Å². The second-order valence-electron chi connectivity index (χ2n) is 26.8. The Labute approximate surface area is 624 Å². The maximum atomic E-state index is 16.0. The summed E-state index contributed by atoms with van der Waals surface area (Å²) >= 11 is 0. The molecule has 1 fully saturated rings. The molecule has 3 unspecified atom stereocenters. The van der Waals surface area contributed by atoms with Crippen LogP contribution in [0.3, 0.4) is 0 Å². The van der Waals surface area contributed by atoms with Crippen LogP contribution in [0, 0.1) is 30.5 Å². The lowest BCUT2D eigenvalue weighted by Gasteiger charge is -2.41. The van der Waals surface area contributed by atoms with Gasteiger partial charge in [0.05, 0.1) is 154 Å². The van der Waals surface area contributed by atoms with Gasteiger partial charge in [-0.2, -0.15) is 0 Å². The molecule has 6 atom stereocenters. The van der Waals surface area contributed by atoms with Crippen molar-refractivity contribution < 1.29 is 105 Å². The molecule has 9 amide bonds. The summed E-state index contributed by atoms with van der Waals surface area (Å²) in [7, 11) is 0. The van der Waals surface area contributed by atoms with Crippen molar-refractivity contribution in [2.45, 2.75) is 115 Å². The summed E-state index contributed by atoms with van der Waals surface area (Å²) in [5.74, 6) is -6.88. The molecule has 0 bridgehead atoms. The molecule has 2 aromatic carbocycles. The Kier molecular flexibility index (Phi) is 32.3. The largest absolute Gasteiger partial charge is 0.458 e. The van der Waals surface area contributed by atoms with Crippen molar-refractivity contribution in [2.24, 2.45) is 23.5 Å². The first-order chi connectivity index (χ1) is 52.2. The monoisotopic (exact) mass is 1510 g/mol. The van der Waals surface area contributed by atoms with Crippen molar-refractivity contribution in [1.29, 1.82) is 0 Å². The third-order valence-corrected chi connectivity index (χ3v) is 19.6. The van der Waals surface area contributed by atoms with Gasteiger partial charge in [-0.05, 0) is 98.4 Å². The van der Waals surface area contributed by atoms with Crippen LogP contribution in [0.5, 0.6) is 0 Å². The number of nitrogens with two attached hydrogens (primary N) is 1. The third kappa shape index (κ3) is 23.5. The second-order valence-corrected chi connectivity index (χ2v) is 26.8. The van der Waals surface area contributed by atoms with E-state index in [9.17, 15) is 57.8 Å². The maximum Gasteiger partial charge on any atom is 0.343 e. The molecule has 108 heavy (non-hydrogen) atoms. The van der Waals surface area contributed by atoms with Crippen molar-refractivity contribution in [3.8, 4) is 11.4 Å². The lowest BCUT2D eigenvalue weighted by molar-refractivity contribution is -0.172. The number of aromatic nitrogens is 2. The van der Waals surface area contributed by atoms with Crippen LogP contribution in [0.2, 0.25) is 0 Å². The van der Waals surface area contributed by atoms with E-state index in [0.717, 1.165) is 28.5 Å². The maximum absolute atomic E-state index is 16.0. The topological polar surface area (TPSA) is 420 Å². The zero-order valence-corrected chi connectivity index (χ0v) is 61.1. The highest BCUT2D eigenvalue weighted by atomic mass is 19.1. The summed E-state index contributed by atoms with van der Waals surface area (Å²) in [6.45, 7) is 6.88. The number of benzene rings is 2. The van der Waals surface area contributed by atoms with Crippen molar-refractivity contribution >= 4 is 70.0 Å². The molecule has 2 aromatic heterocycles. The number of pyridine rings is 2. The number of esters is 1. The molecule has 588 valence electrons. The van der Waals surface area contributed by atoms with E-state index in [1.54, 1.807) is 54.8 Å². The zero-order valence-electron chi connectivity index (χ0n) is 61.1. The smallest absolute Gasteiger partial charge is 0.343 e. The molecule has 0 radical (unpaired) electrons. The van der Waals surface area contributed by atoms with Crippen LogP contribution in [0.25, 0.3) is 22.3 Å². The highest BCUT2D eigenvalue weighted by Crippen LogP contribution is 2.48. The average Bonchev–Trinajstić information content (AvgIpc) is 1.41. The third-order valence-electron chi connectivity index (χ3n) is 19.6. The van der Waals surface area contributed by atoms with E-state index in [1.165, 1.54) is 23.1 Å². The number of hydrogen-bond donors (Lipinski definition) is 8. The number of halogens is 1. The Morgan fingerprint density at radius 2 is 1.27 bits per heavy atom. The molecule has 32 nitrogen and oxygen atoms in total. The lowest BCUT2D eigenvalue weighted by atomic mass is 9.65. The standard InChI is InChI=1S/C75H99FN10O22/c1-3-75(98)57-38-61-70-55(43-86(61)73(96)56(57)44-107-74(75)97)54-36-49(35-52-47(2)58(76)39-59(84-70)69(52)54)53-37-50(13-14-51(53)71(77)94)108-46-82-64(89)41-81-72(95)60(34-48-10-6-4-7-11-48)83-65(90)42-79-63(88)40-80-66(91)45-106-33-32-105-31-30-104-29-28-103-27-26-102-25-24-101-23-22-100-21-20-99-19-17-78-62(87)12-8-5-9-18-85-67(92)15-16-68(85)93/h4,6-7,10-11,15-16,38-39,49-51,53,60,98H,3,5,8-9,12-14,17-37,40-46H2,1-2H3,(H2,77,94)(H,78,87)(H,79,88)(H,80,91)(H,81,95)(H,82,89)(H,83,90)/t49?,50-,51?,53?,60-,75-/m0/s1. The van der Waals surface area contributed by atoms with Gasteiger partial charge in [-0.15, -0.1) is 0 Å². The summed E-state index contributed by atoms with van der Waals surface area (Å²) in [5.41, 5.74) is 8.65. The van der Waals surface area contributed by atoms with Crippen molar-refractivity contribution in [3.05, 3.63) is 110 Å². The Bertz CT molecular complexity index is 3900. The molecule has 9 rings (SSSR count). The fourth-order valence-electron chi connectivity index (χ4n) is 13.9. The molecule has 3 aliphatic heterocycles. The van der Waals surface area contributed by atoms with Crippen LogP contribution < -0.4 is 43.2 Å². The SMILES string of the molecule is CC[C@@]1(O)C(=O)OCc2c1cc1n(c2=O)Cc2c-1nc1cc(F)c(C)c3c1c2CC(C1C[C@@H](OCNC(=O)CNC(=O)[C@H](Cc2ccccc2)NC(=O)CNC(=O)CNC(=O)COCCOCCOCCOCCOCCOCCOCCOCCNC(=O)CCCCCN2C(=O)C=CC2=O)CCC1C(N)=O)C3. The normalized spacial score (nSPS) is 18.6. The quantitative estimate of drug-likeness (QED) is 0.0113. The number of carbonyl (C=O) groups is 10. The Morgan fingerprint density at radius 1 is 0.676 bits per heavy atom. The first-order valence-corrected chi connectivity index (χ1v) is 36.8. The minimum atomic E-state index is -2.04. The number of imide groups is 1. The summed E-state index contributed by atoms with van der Waals surface area (Å²) < 4.78 is 72.7. The molecule has 9 N–H and O–H groups in total. The Balaban J connectivity index is 0.579. The number of rotatable bonds is 48. The highest BCUT2D eigenvalue weighted by molar-refractivity contribution is 6.12. The van der Waals surface area contributed by atoms with E-state index < -0.39 is 96.1 Å². The van der Waals surface area contributed by atoms with E-state index >= 15 is 4.39 Å². The van der Waals surface area contributed by atoms with Crippen molar-refractivity contribution in [1.82, 2.24) is 46.4 Å². The first-order valence-electron chi connectivity index (χ1n) is 36.8. The number of carbonyl (C=O) groups excluding carboxylic acids is 10. The van der Waals surface area contributed by atoms with Crippen LogP contribution in [-0.4, -0.2) is 236 Å². The first kappa shape index (κ1) is 83.0. The number of aliphatic hydroxyl groups is 1. The van der Waals surface area contributed by atoms with Gasteiger partial charge >= 0.3 is 5.97 Å². The minimum absolute atomic E-state index is 0.0361. The molecule has 5 aliphatic rings. The number of fused-ring (bicyclic) bond motifs is 5. The molecule has 0 spiro atoms. The molecule has 5 heterocycles. The zero-order chi connectivity index (χ0) is 77.0. The highest BCUT2D eigenvalue weighted by Gasteiger charge is 2.47. The summed E-state index contributed by atoms with van der Waals surface area (Å²) in [4.78, 5) is 146. The molecule has 33 heteroatoms. The average molecular weight is 1510 g/mol. The number of cyclic esters (lactones) is 1. The predicted molar refractivity (Wildman–Crippen MR) is 383 cm³/mol. The van der Waals surface area contributed by atoms with Gasteiger partial charge in [0, 0.05) is 66.6 Å². The van der Waals surface area contributed by atoms with Gasteiger partial charge in [0.15, 0.2) is 5.60 Å². The summed E-state index contributed by atoms with van der Waals surface area (Å²) in [6, 6.07) is 10.7. The van der Waals surface area contributed by atoms with Gasteiger partial charge in [-0.3, -0.25) is 52.8 Å². The van der Waals surface area contributed by atoms with Crippen LogP contribution in [0.4, 0.5) is 4.39 Å². The molecule has 0 saturated heterocycles. The number of hydrogen-bond acceptors (Lipinski definition) is 23. The lowest BCUT2D eigenvalue weighted by Crippen LogP contribution is -2.52. The van der Waals surface area contributed by atoms with Crippen molar-refractivity contribution in [2.75, 3.05) is 145 Å². The molecule has 4 aromatic rings. The van der Waals surface area contributed by atoms with Gasteiger partial charge in [0.2, 0.25) is 41.4 Å². The second kappa shape index (κ2) is 42.1. The van der Waals surface area contributed by atoms with Crippen molar-refractivity contribution in [3.63, 3.8) is 0 Å². The van der Waals surface area contributed by atoms with E-state index in [-0.39, 0.29) is 99.8 Å². The number of amides is 9. The van der Waals surface area contributed by atoms with E-state index in [4.69, 9.17) is 58.1 Å². The molecular formula is C75H99FN10O22. The summed E-state index contributed by atoms with van der Waals surface area (Å²) in [5, 5.41) is 27.7. The van der Waals surface area contributed by atoms with Gasteiger partial charge in [0.1, 0.15) is 31.8 Å². The van der Waals surface area contributed by atoms with E-state index in [0.29, 0.717) is 172 Å². The Hall–Kier alpha value is -9.03. The fourth-order valence-corrected chi connectivity index (χ4v) is 13.9. The number of unbranched alkanes of at least 4 members (excludes halogenated alkanes) is 2. The molecule has 2 aliphatic carbocycles. The van der Waals surface area contributed by atoms with Crippen LogP contribution >= 0.6 is 0 Å². The minimum Gasteiger partial charge on any atom is -0.458 e. The molecule has 1 saturated carbocycles. The number of nitrogens with zero attached hydrogens (tertiary/aromatic N) is 3. The molecular weight excluding hydrogens is 1410 g/mol. The number of nitrogens with one attached hydrogen (secondary N) is 6. The summed E-state index contributed by atoms with van der Waals surface area (Å²) in [6.07, 6.45) is 6.54. The van der Waals surface area contributed by atoms with Crippen LogP contribution in [-0.2, 0) is 133 Å². The number of primary amides is 1. The van der Waals surface area contributed by atoms with Gasteiger partial charge in [0.25, 0.3) is 17.4 Å². The fraction of sp³-hybridized carbons (Fsp3) is 0.573. The van der Waals surface area contributed by atoms with Gasteiger partial charge in [-0.25, -0.2) is 14.2 Å². The predicted octanol–water partition coefficient (Wildman–Crippen LogP) is 0.413. The van der Waals surface area contributed by atoms with E-state index in [2.05, 4.69) is 31.9 Å². The van der Waals surface area contributed by atoms with E-state index in [1.807, 2.05) is 0 Å². The van der Waals surface area contributed by atoms with Crippen LogP contribution in [0.1, 0.15) is 97.2 Å². The van der Waals surface area contributed by atoms with Gasteiger partial charge in [-0.1, -0.05) is 43.7 Å². The number of ether oxygens (including phenoxy) is 10. The van der Waals surface area contributed by atoms with Crippen LogP contribution in [0.15, 0.2) is 59.4 Å². The Morgan fingerprint density at radius 3 is 1.91 bits per heavy atom.